The summed E-state index contributed by atoms with van der Waals surface area (Å²) in [5.74, 6) is 0.403. The maximum Gasteiger partial charge on any atom is 0.183 e. The summed E-state index contributed by atoms with van der Waals surface area (Å²) in [6.45, 7) is 1.40. The summed E-state index contributed by atoms with van der Waals surface area (Å²) in [6.07, 6.45) is -0.918. The van der Waals surface area contributed by atoms with Crippen molar-refractivity contribution < 1.29 is 24.8 Å². The number of hydrogen-bond acceptors (Lipinski definition) is 9. The van der Waals surface area contributed by atoms with Crippen molar-refractivity contribution in [2.24, 2.45) is 0 Å². The number of ether oxygens (including phenoxy) is 2. The number of aromatic nitrogens is 4. The molecule has 29 heavy (non-hydrogen) atoms. The number of nitrogens with zero attached hydrogens (tertiary/aromatic N) is 4. The zero-order chi connectivity index (χ0) is 20.8. The summed E-state index contributed by atoms with van der Waals surface area (Å²) in [7, 11) is 1.58. The SMILES string of the molecule is COc1ccc([C@H](C)[C@@]2(n3cnc4c(N)ncnc43)O[C@H](CO)[C@@H](O)[C@H]2O)cc1. The van der Waals surface area contributed by atoms with E-state index in [2.05, 4.69) is 15.0 Å². The molecule has 1 aromatic carbocycles. The van der Waals surface area contributed by atoms with Gasteiger partial charge in [-0.25, -0.2) is 15.0 Å². The highest BCUT2D eigenvalue weighted by atomic mass is 16.6. The minimum absolute atomic E-state index is 0.188. The molecule has 4 rings (SSSR count). The smallest absolute Gasteiger partial charge is 0.183 e. The first-order valence-electron chi connectivity index (χ1n) is 9.16. The first kappa shape index (κ1) is 19.5. The first-order valence-corrected chi connectivity index (χ1v) is 9.16. The van der Waals surface area contributed by atoms with Gasteiger partial charge in [0.2, 0.25) is 0 Å². The fourth-order valence-corrected chi connectivity index (χ4v) is 3.98. The van der Waals surface area contributed by atoms with Crippen LogP contribution in [0.5, 0.6) is 5.75 Å². The van der Waals surface area contributed by atoms with Gasteiger partial charge in [-0.3, -0.25) is 4.57 Å². The maximum absolute atomic E-state index is 11.1. The van der Waals surface area contributed by atoms with Gasteiger partial charge in [0, 0.05) is 5.92 Å². The molecule has 0 bridgehead atoms. The van der Waals surface area contributed by atoms with E-state index in [9.17, 15) is 15.3 Å². The second kappa shape index (κ2) is 7.23. The van der Waals surface area contributed by atoms with E-state index in [0.717, 1.165) is 5.56 Å². The molecule has 10 nitrogen and oxygen atoms in total. The second-order valence-electron chi connectivity index (χ2n) is 7.07. The Morgan fingerprint density at radius 3 is 2.59 bits per heavy atom. The van der Waals surface area contributed by atoms with Crippen molar-refractivity contribution in [2.75, 3.05) is 19.5 Å². The molecular weight excluding hydrogens is 378 g/mol. The van der Waals surface area contributed by atoms with Gasteiger partial charge in [0.15, 0.2) is 17.2 Å². The predicted octanol–water partition coefficient (Wildman–Crippen LogP) is -0.0135. The Balaban J connectivity index is 1.91. The molecule has 0 radical (unpaired) electrons. The molecule has 1 fully saturated rings. The van der Waals surface area contributed by atoms with Crippen molar-refractivity contribution in [1.82, 2.24) is 19.5 Å². The topological polar surface area (TPSA) is 149 Å². The Bertz CT molecular complexity index is 1010. The van der Waals surface area contributed by atoms with Crippen LogP contribution in [0.1, 0.15) is 18.4 Å². The van der Waals surface area contributed by atoms with E-state index >= 15 is 0 Å². The molecule has 5 N–H and O–H groups in total. The molecule has 1 aliphatic rings. The van der Waals surface area contributed by atoms with Crippen molar-refractivity contribution in [3.63, 3.8) is 0 Å². The number of benzene rings is 1. The van der Waals surface area contributed by atoms with Crippen LogP contribution in [0, 0.1) is 0 Å². The molecule has 0 aliphatic carbocycles. The molecule has 0 spiro atoms. The zero-order valence-corrected chi connectivity index (χ0v) is 16.0. The molecule has 0 unspecified atom stereocenters. The Morgan fingerprint density at radius 1 is 1.24 bits per heavy atom. The third kappa shape index (κ3) is 2.84. The lowest BCUT2D eigenvalue weighted by Gasteiger charge is -2.39. The van der Waals surface area contributed by atoms with Crippen molar-refractivity contribution in [3.8, 4) is 5.75 Å². The van der Waals surface area contributed by atoms with Crippen LogP contribution in [0.4, 0.5) is 5.82 Å². The number of anilines is 1. The summed E-state index contributed by atoms with van der Waals surface area (Å²) >= 11 is 0. The van der Waals surface area contributed by atoms with Gasteiger partial charge in [0.1, 0.15) is 35.9 Å². The third-order valence-corrected chi connectivity index (χ3v) is 5.62. The van der Waals surface area contributed by atoms with E-state index in [0.29, 0.717) is 16.9 Å². The molecular formula is C19H23N5O5. The Hall–Kier alpha value is -2.79. The summed E-state index contributed by atoms with van der Waals surface area (Å²) in [4.78, 5) is 12.5. The van der Waals surface area contributed by atoms with Gasteiger partial charge in [0.05, 0.1) is 20.0 Å². The Morgan fingerprint density at radius 2 is 1.97 bits per heavy atom. The maximum atomic E-state index is 11.1. The fraction of sp³-hybridized carbons (Fsp3) is 0.421. The number of nitrogen functional groups attached to an aromatic ring is 1. The van der Waals surface area contributed by atoms with Crippen molar-refractivity contribution in [1.29, 1.82) is 0 Å². The van der Waals surface area contributed by atoms with Crippen LogP contribution in [0.2, 0.25) is 0 Å². The highest BCUT2D eigenvalue weighted by Gasteiger charge is 2.59. The van der Waals surface area contributed by atoms with Crippen LogP contribution >= 0.6 is 0 Å². The predicted molar refractivity (Wildman–Crippen MR) is 103 cm³/mol. The van der Waals surface area contributed by atoms with Gasteiger partial charge in [-0.2, -0.15) is 0 Å². The van der Waals surface area contributed by atoms with Gasteiger partial charge >= 0.3 is 0 Å². The molecule has 3 aromatic rings. The van der Waals surface area contributed by atoms with E-state index in [1.807, 2.05) is 19.1 Å². The minimum Gasteiger partial charge on any atom is -0.497 e. The average Bonchev–Trinajstić information content (AvgIpc) is 3.29. The minimum atomic E-state index is -1.49. The molecule has 3 heterocycles. The standard InChI is InChI=1S/C19H23N5O5/c1-10(11-3-5-12(28-2)6-4-11)19(16(27)15(26)13(7-25)29-19)24-9-23-14-17(20)21-8-22-18(14)24/h3-6,8-10,13,15-16,25-27H,7H2,1-2H3,(H2,20,21,22)/t10-,13+,15+,16+,19+/m0/s1. The van der Waals surface area contributed by atoms with Crippen molar-refractivity contribution in [3.05, 3.63) is 42.5 Å². The lowest BCUT2D eigenvalue weighted by molar-refractivity contribution is -0.159. The molecule has 5 atom stereocenters. The van der Waals surface area contributed by atoms with Crippen LogP contribution in [-0.4, -0.2) is 66.9 Å². The Kier molecular flexibility index (Phi) is 4.87. The lowest BCUT2D eigenvalue weighted by Crippen LogP contribution is -2.49. The molecule has 0 saturated carbocycles. The highest BCUT2D eigenvalue weighted by Crippen LogP contribution is 2.47. The van der Waals surface area contributed by atoms with Crippen molar-refractivity contribution >= 4 is 17.0 Å². The number of rotatable bonds is 5. The largest absolute Gasteiger partial charge is 0.497 e. The number of methoxy groups -OCH3 is 1. The zero-order valence-electron chi connectivity index (χ0n) is 16.0. The normalized spacial score (nSPS) is 28.0. The number of aliphatic hydroxyl groups excluding tert-OH is 3. The first-order chi connectivity index (χ1) is 13.9. The van der Waals surface area contributed by atoms with Gasteiger partial charge < -0.3 is 30.5 Å². The van der Waals surface area contributed by atoms with Gasteiger partial charge in [-0.1, -0.05) is 19.1 Å². The van der Waals surface area contributed by atoms with Crippen LogP contribution in [0.3, 0.4) is 0 Å². The van der Waals surface area contributed by atoms with Gasteiger partial charge in [-0.05, 0) is 17.7 Å². The number of aliphatic hydroxyl groups is 3. The molecule has 0 amide bonds. The second-order valence-corrected chi connectivity index (χ2v) is 7.07. The van der Waals surface area contributed by atoms with E-state index in [1.165, 1.54) is 12.7 Å². The molecule has 1 saturated heterocycles. The molecule has 1 aliphatic heterocycles. The molecule has 2 aromatic heterocycles. The molecule has 10 heteroatoms. The number of hydrogen-bond donors (Lipinski definition) is 4. The van der Waals surface area contributed by atoms with Crippen molar-refractivity contribution in [2.45, 2.75) is 36.9 Å². The van der Waals surface area contributed by atoms with Crippen LogP contribution in [0.25, 0.3) is 11.2 Å². The lowest BCUT2D eigenvalue weighted by atomic mass is 9.85. The number of imidazole rings is 1. The van der Waals surface area contributed by atoms with E-state index < -0.39 is 36.6 Å². The average molecular weight is 401 g/mol. The summed E-state index contributed by atoms with van der Waals surface area (Å²) in [5, 5.41) is 31.3. The van der Waals surface area contributed by atoms with Crippen LogP contribution in [-0.2, 0) is 10.5 Å². The van der Waals surface area contributed by atoms with Gasteiger partial charge in [0.25, 0.3) is 0 Å². The molecule has 154 valence electrons. The van der Waals surface area contributed by atoms with E-state index in [-0.39, 0.29) is 5.82 Å². The highest BCUT2D eigenvalue weighted by molar-refractivity contribution is 5.81. The quantitative estimate of drug-likeness (QED) is 0.463. The summed E-state index contributed by atoms with van der Waals surface area (Å²) in [5.41, 5.74) is 5.95. The summed E-state index contributed by atoms with van der Waals surface area (Å²) < 4.78 is 12.9. The van der Waals surface area contributed by atoms with Gasteiger partial charge in [-0.15, -0.1) is 0 Å². The third-order valence-electron chi connectivity index (χ3n) is 5.62. The fourth-order valence-electron chi connectivity index (χ4n) is 3.98. The number of fused-ring (bicyclic) bond motifs is 1. The Labute approximate surface area is 166 Å². The number of nitrogens with two attached hydrogens (primary N) is 1. The monoisotopic (exact) mass is 401 g/mol. The van der Waals surface area contributed by atoms with Crippen LogP contribution in [0.15, 0.2) is 36.9 Å². The van der Waals surface area contributed by atoms with Crippen LogP contribution < -0.4 is 10.5 Å². The van der Waals surface area contributed by atoms with E-state index in [4.69, 9.17) is 15.2 Å². The summed E-state index contributed by atoms with van der Waals surface area (Å²) in [6, 6.07) is 7.30. The van der Waals surface area contributed by atoms with E-state index in [1.54, 1.807) is 23.8 Å².